The standard InChI is InChI=1S/C18H23N3O3S/c1-13(2)24-16-7-17(12-20-11-16)25(22,23)21-10-15-9-19-8-14-5-3-4-6-18(14)15/h3-7,11-13,15,19,21H,8-10H2,1-2H3. The van der Waals surface area contributed by atoms with E-state index in [1.807, 2.05) is 26.0 Å². The summed E-state index contributed by atoms with van der Waals surface area (Å²) in [5.74, 6) is 0.547. The van der Waals surface area contributed by atoms with Crippen LogP contribution in [0.3, 0.4) is 0 Å². The maximum atomic E-state index is 12.6. The van der Waals surface area contributed by atoms with Gasteiger partial charge in [0.1, 0.15) is 10.6 Å². The number of benzene rings is 1. The van der Waals surface area contributed by atoms with Crippen LogP contribution >= 0.6 is 0 Å². The molecule has 1 aliphatic rings. The third kappa shape index (κ3) is 4.36. The van der Waals surface area contributed by atoms with Crippen molar-refractivity contribution in [3.8, 4) is 5.75 Å². The molecule has 1 atom stereocenters. The second-order valence-electron chi connectivity index (χ2n) is 6.40. The van der Waals surface area contributed by atoms with Gasteiger partial charge in [0, 0.05) is 37.8 Å². The molecule has 25 heavy (non-hydrogen) atoms. The predicted molar refractivity (Wildman–Crippen MR) is 96.1 cm³/mol. The van der Waals surface area contributed by atoms with E-state index < -0.39 is 10.0 Å². The fourth-order valence-electron chi connectivity index (χ4n) is 2.94. The molecule has 0 radical (unpaired) electrons. The number of fused-ring (bicyclic) bond motifs is 1. The van der Waals surface area contributed by atoms with Crippen molar-refractivity contribution in [2.24, 2.45) is 0 Å². The average Bonchev–Trinajstić information content (AvgIpc) is 2.59. The van der Waals surface area contributed by atoms with Gasteiger partial charge in [0.2, 0.25) is 10.0 Å². The third-order valence-corrected chi connectivity index (χ3v) is 5.48. The van der Waals surface area contributed by atoms with Crippen LogP contribution in [0.1, 0.15) is 30.9 Å². The quantitative estimate of drug-likeness (QED) is 0.823. The van der Waals surface area contributed by atoms with E-state index >= 15 is 0 Å². The van der Waals surface area contributed by atoms with E-state index in [-0.39, 0.29) is 16.9 Å². The first-order chi connectivity index (χ1) is 12.0. The van der Waals surface area contributed by atoms with E-state index in [4.69, 9.17) is 4.74 Å². The average molecular weight is 361 g/mol. The molecular formula is C18H23N3O3S. The Hall–Kier alpha value is -1.96. The molecule has 2 aromatic rings. The lowest BCUT2D eigenvalue weighted by atomic mass is 9.91. The highest BCUT2D eigenvalue weighted by atomic mass is 32.2. The van der Waals surface area contributed by atoms with Crippen molar-refractivity contribution < 1.29 is 13.2 Å². The molecule has 0 spiro atoms. The van der Waals surface area contributed by atoms with Gasteiger partial charge < -0.3 is 10.1 Å². The Morgan fingerprint density at radius 2 is 2.12 bits per heavy atom. The Morgan fingerprint density at radius 3 is 2.92 bits per heavy atom. The van der Waals surface area contributed by atoms with Crippen LogP contribution in [0.2, 0.25) is 0 Å². The maximum absolute atomic E-state index is 12.6. The fraction of sp³-hybridized carbons (Fsp3) is 0.389. The highest BCUT2D eigenvalue weighted by Crippen LogP contribution is 2.24. The van der Waals surface area contributed by atoms with E-state index in [0.29, 0.717) is 12.3 Å². The zero-order valence-corrected chi connectivity index (χ0v) is 15.2. The first kappa shape index (κ1) is 17.8. The van der Waals surface area contributed by atoms with E-state index in [1.54, 1.807) is 0 Å². The van der Waals surface area contributed by atoms with Crippen molar-refractivity contribution in [1.29, 1.82) is 0 Å². The van der Waals surface area contributed by atoms with Gasteiger partial charge in [-0.2, -0.15) is 0 Å². The van der Waals surface area contributed by atoms with E-state index in [9.17, 15) is 8.42 Å². The van der Waals surface area contributed by atoms with Crippen LogP contribution in [-0.4, -0.2) is 32.6 Å². The van der Waals surface area contributed by atoms with Gasteiger partial charge >= 0.3 is 0 Å². The number of ether oxygens (including phenoxy) is 1. The van der Waals surface area contributed by atoms with Crippen molar-refractivity contribution in [2.45, 2.75) is 37.3 Å². The van der Waals surface area contributed by atoms with Crippen LogP contribution in [-0.2, 0) is 16.6 Å². The van der Waals surface area contributed by atoms with Crippen LogP contribution < -0.4 is 14.8 Å². The summed E-state index contributed by atoms with van der Waals surface area (Å²) in [7, 11) is -3.64. The summed E-state index contributed by atoms with van der Waals surface area (Å²) in [6, 6.07) is 9.62. The summed E-state index contributed by atoms with van der Waals surface area (Å²) in [6.07, 6.45) is 2.81. The Bertz CT molecular complexity index is 837. The van der Waals surface area contributed by atoms with Gasteiger partial charge in [0.25, 0.3) is 0 Å². The molecule has 2 heterocycles. The van der Waals surface area contributed by atoms with Crippen molar-refractivity contribution in [1.82, 2.24) is 15.0 Å². The Labute approximate surface area is 148 Å². The molecule has 0 amide bonds. The molecular weight excluding hydrogens is 338 g/mol. The summed E-state index contributed by atoms with van der Waals surface area (Å²) in [4.78, 5) is 4.09. The maximum Gasteiger partial charge on any atom is 0.242 e. The Kier molecular flexibility index (Phi) is 5.36. The number of sulfonamides is 1. The highest BCUT2D eigenvalue weighted by molar-refractivity contribution is 7.89. The third-order valence-electron chi connectivity index (χ3n) is 4.09. The van der Waals surface area contributed by atoms with Gasteiger partial charge in [0.05, 0.1) is 12.3 Å². The van der Waals surface area contributed by atoms with Gasteiger partial charge in [-0.3, -0.25) is 4.98 Å². The Balaban J connectivity index is 1.73. The minimum atomic E-state index is -3.64. The van der Waals surface area contributed by atoms with Gasteiger partial charge in [-0.1, -0.05) is 24.3 Å². The highest BCUT2D eigenvalue weighted by Gasteiger charge is 2.23. The summed E-state index contributed by atoms with van der Waals surface area (Å²) in [6.45, 7) is 5.66. The molecule has 1 aromatic carbocycles. The molecule has 0 fully saturated rings. The number of nitrogens with one attached hydrogen (secondary N) is 2. The lowest BCUT2D eigenvalue weighted by molar-refractivity contribution is 0.241. The minimum absolute atomic E-state index is 0.0440. The molecule has 6 nitrogen and oxygen atoms in total. The van der Waals surface area contributed by atoms with Crippen LogP contribution in [0, 0.1) is 0 Å². The molecule has 1 aliphatic heterocycles. The molecule has 7 heteroatoms. The first-order valence-electron chi connectivity index (χ1n) is 8.35. The van der Waals surface area contributed by atoms with Crippen molar-refractivity contribution in [3.05, 3.63) is 53.9 Å². The van der Waals surface area contributed by atoms with Crippen LogP contribution in [0.15, 0.2) is 47.6 Å². The minimum Gasteiger partial charge on any atom is -0.489 e. The zero-order valence-electron chi connectivity index (χ0n) is 14.4. The molecule has 3 rings (SSSR count). The van der Waals surface area contributed by atoms with Crippen molar-refractivity contribution in [2.75, 3.05) is 13.1 Å². The van der Waals surface area contributed by atoms with Crippen LogP contribution in [0.25, 0.3) is 0 Å². The summed E-state index contributed by atoms with van der Waals surface area (Å²) in [5.41, 5.74) is 2.41. The number of aromatic nitrogens is 1. The normalized spacial score (nSPS) is 17.3. The summed E-state index contributed by atoms with van der Waals surface area (Å²) >= 11 is 0. The molecule has 1 aromatic heterocycles. The van der Waals surface area contributed by atoms with Crippen molar-refractivity contribution in [3.63, 3.8) is 0 Å². The number of nitrogens with zero attached hydrogens (tertiary/aromatic N) is 1. The monoisotopic (exact) mass is 361 g/mol. The smallest absolute Gasteiger partial charge is 0.242 e. The van der Waals surface area contributed by atoms with Gasteiger partial charge in [-0.15, -0.1) is 0 Å². The lowest BCUT2D eigenvalue weighted by Gasteiger charge is -2.26. The Morgan fingerprint density at radius 1 is 1.32 bits per heavy atom. The zero-order chi connectivity index (χ0) is 17.9. The van der Waals surface area contributed by atoms with Crippen LogP contribution in [0.5, 0.6) is 5.75 Å². The fourth-order valence-corrected chi connectivity index (χ4v) is 4.00. The molecule has 2 N–H and O–H groups in total. The summed E-state index contributed by atoms with van der Waals surface area (Å²) in [5, 5.41) is 3.33. The topological polar surface area (TPSA) is 80.3 Å². The molecule has 0 aliphatic carbocycles. The molecule has 0 bridgehead atoms. The molecule has 0 saturated heterocycles. The van der Waals surface area contributed by atoms with Crippen molar-refractivity contribution >= 4 is 10.0 Å². The van der Waals surface area contributed by atoms with Gasteiger partial charge in [-0.05, 0) is 25.0 Å². The lowest BCUT2D eigenvalue weighted by Crippen LogP contribution is -2.36. The molecule has 134 valence electrons. The van der Waals surface area contributed by atoms with E-state index in [0.717, 1.165) is 13.1 Å². The first-order valence-corrected chi connectivity index (χ1v) is 9.84. The van der Waals surface area contributed by atoms with Gasteiger partial charge in [-0.25, -0.2) is 13.1 Å². The number of hydrogen-bond acceptors (Lipinski definition) is 5. The number of hydrogen-bond donors (Lipinski definition) is 2. The molecule has 0 saturated carbocycles. The number of pyridine rings is 1. The second kappa shape index (κ2) is 7.51. The van der Waals surface area contributed by atoms with Gasteiger partial charge in [0.15, 0.2) is 0 Å². The second-order valence-corrected chi connectivity index (χ2v) is 8.17. The molecule has 1 unspecified atom stereocenters. The predicted octanol–water partition coefficient (Wildman–Crippen LogP) is 2.03. The van der Waals surface area contributed by atoms with E-state index in [1.165, 1.54) is 29.6 Å². The largest absolute Gasteiger partial charge is 0.489 e. The summed E-state index contributed by atoms with van der Waals surface area (Å²) < 4.78 is 33.4. The SMILES string of the molecule is CC(C)Oc1cncc(S(=O)(=O)NCC2CNCc3ccccc32)c1. The van der Waals surface area contributed by atoms with E-state index in [2.05, 4.69) is 27.2 Å². The van der Waals surface area contributed by atoms with Crippen LogP contribution in [0.4, 0.5) is 0 Å². The number of rotatable bonds is 6.